The third kappa shape index (κ3) is 3.61. The van der Waals surface area contributed by atoms with E-state index < -0.39 is 11.2 Å². The minimum atomic E-state index is -0.441. The summed E-state index contributed by atoms with van der Waals surface area (Å²) in [4.78, 5) is 32.2. The molecule has 25 heavy (non-hydrogen) atoms. The number of halogens is 1. The summed E-state index contributed by atoms with van der Waals surface area (Å²) in [6.07, 6.45) is 1.72. The number of hydrogen-bond acceptors (Lipinski definition) is 4. The maximum absolute atomic E-state index is 12.7. The Morgan fingerprint density at radius 3 is 2.64 bits per heavy atom. The van der Waals surface area contributed by atoms with Crippen LogP contribution in [0, 0.1) is 0 Å². The Hall–Kier alpha value is -2.54. The fraction of sp³-hybridized carbons (Fsp3) is 0.353. The molecule has 3 aromatic rings. The molecule has 0 radical (unpaired) electrons. The van der Waals surface area contributed by atoms with Crippen LogP contribution in [-0.2, 0) is 13.1 Å². The first-order valence-corrected chi connectivity index (χ1v) is 8.56. The third-order valence-electron chi connectivity index (χ3n) is 3.89. The highest BCUT2D eigenvalue weighted by Gasteiger charge is 2.16. The van der Waals surface area contributed by atoms with E-state index in [2.05, 4.69) is 9.97 Å². The number of nitrogens with one attached hydrogen (secondary N) is 1. The van der Waals surface area contributed by atoms with Gasteiger partial charge in [-0.3, -0.25) is 13.9 Å². The predicted molar refractivity (Wildman–Crippen MR) is 96.5 cm³/mol. The lowest BCUT2D eigenvalue weighted by molar-refractivity contribution is 0.292. The second kappa shape index (κ2) is 7.57. The van der Waals surface area contributed by atoms with Crippen molar-refractivity contribution in [3.05, 3.63) is 56.5 Å². The lowest BCUT2D eigenvalue weighted by Crippen LogP contribution is -2.41. The van der Waals surface area contributed by atoms with Crippen molar-refractivity contribution in [3.8, 4) is 5.75 Å². The second-order valence-corrected chi connectivity index (χ2v) is 5.99. The maximum Gasteiger partial charge on any atom is 0.332 e. The van der Waals surface area contributed by atoms with Crippen LogP contribution < -0.4 is 16.0 Å². The summed E-state index contributed by atoms with van der Waals surface area (Å²) in [7, 11) is 0. The van der Waals surface area contributed by atoms with Crippen molar-refractivity contribution < 1.29 is 4.74 Å². The number of para-hydroxylation sites is 1. The van der Waals surface area contributed by atoms with E-state index in [4.69, 9.17) is 16.3 Å². The van der Waals surface area contributed by atoms with Crippen LogP contribution in [0.25, 0.3) is 11.2 Å². The number of aromatic nitrogens is 4. The molecule has 7 nitrogen and oxygen atoms in total. The number of ether oxygens (including phenoxy) is 1. The highest BCUT2D eigenvalue weighted by atomic mass is 35.5. The molecule has 0 aliphatic heterocycles. The number of nitrogens with zero attached hydrogens (tertiary/aromatic N) is 3. The lowest BCUT2D eigenvalue weighted by Gasteiger charge is -2.11. The molecule has 0 saturated carbocycles. The summed E-state index contributed by atoms with van der Waals surface area (Å²) in [6.45, 7) is 2.86. The second-order valence-electron chi connectivity index (χ2n) is 5.63. The van der Waals surface area contributed by atoms with Crippen molar-refractivity contribution in [1.82, 2.24) is 19.1 Å². The zero-order valence-corrected chi connectivity index (χ0v) is 14.6. The standard InChI is InChI=1S/C17H19ClN4O3/c1-2-3-9-21-14-13(19-16(18)20-14)15(23)22(17(21)24)10-11-25-12-7-5-4-6-8-12/h4-8H,2-3,9-11H2,1H3,(H,19,20). The van der Waals surface area contributed by atoms with Crippen LogP contribution in [0.2, 0.25) is 5.28 Å². The molecule has 1 aromatic carbocycles. The number of imidazole rings is 1. The summed E-state index contributed by atoms with van der Waals surface area (Å²) in [5.74, 6) is 0.688. The molecular formula is C17H19ClN4O3. The van der Waals surface area contributed by atoms with Gasteiger partial charge in [-0.05, 0) is 30.2 Å². The fourth-order valence-corrected chi connectivity index (χ4v) is 2.80. The molecule has 1 N–H and O–H groups in total. The molecule has 0 atom stereocenters. The Labute approximate surface area is 148 Å². The molecular weight excluding hydrogens is 344 g/mol. The van der Waals surface area contributed by atoms with E-state index >= 15 is 0 Å². The van der Waals surface area contributed by atoms with Gasteiger partial charge in [0, 0.05) is 6.54 Å². The van der Waals surface area contributed by atoms with Gasteiger partial charge in [0.05, 0.1) is 6.54 Å². The fourth-order valence-electron chi connectivity index (χ4n) is 2.62. The number of rotatable bonds is 7. The van der Waals surface area contributed by atoms with Crippen LogP contribution in [-0.4, -0.2) is 25.7 Å². The van der Waals surface area contributed by atoms with Crippen molar-refractivity contribution in [2.45, 2.75) is 32.9 Å². The maximum atomic E-state index is 12.7. The topological polar surface area (TPSA) is 81.9 Å². The molecule has 0 amide bonds. The van der Waals surface area contributed by atoms with E-state index in [1.165, 1.54) is 4.57 Å². The number of benzene rings is 1. The first-order chi connectivity index (χ1) is 12.1. The molecule has 3 rings (SSSR count). The number of unbranched alkanes of at least 4 members (excludes halogenated alkanes) is 1. The Morgan fingerprint density at radius 2 is 1.92 bits per heavy atom. The van der Waals surface area contributed by atoms with Gasteiger partial charge in [-0.25, -0.2) is 4.79 Å². The number of aromatic amines is 1. The van der Waals surface area contributed by atoms with Crippen LogP contribution in [0.3, 0.4) is 0 Å². The summed E-state index contributed by atoms with van der Waals surface area (Å²) < 4.78 is 8.25. The van der Waals surface area contributed by atoms with Gasteiger partial charge in [0.2, 0.25) is 5.28 Å². The molecule has 0 spiro atoms. The summed E-state index contributed by atoms with van der Waals surface area (Å²) >= 11 is 5.90. The van der Waals surface area contributed by atoms with Crippen LogP contribution in [0.4, 0.5) is 0 Å². The number of hydrogen-bond donors (Lipinski definition) is 1. The van der Waals surface area contributed by atoms with Crippen LogP contribution in [0.1, 0.15) is 19.8 Å². The van der Waals surface area contributed by atoms with Gasteiger partial charge in [0.25, 0.3) is 5.56 Å². The van der Waals surface area contributed by atoms with Crippen LogP contribution in [0.5, 0.6) is 5.75 Å². The van der Waals surface area contributed by atoms with E-state index in [-0.39, 0.29) is 24.0 Å². The van der Waals surface area contributed by atoms with Crippen molar-refractivity contribution in [1.29, 1.82) is 0 Å². The molecule has 0 saturated heterocycles. The minimum Gasteiger partial charge on any atom is -0.492 e. The minimum absolute atomic E-state index is 0.0926. The molecule has 8 heteroatoms. The molecule has 0 aliphatic rings. The third-order valence-corrected chi connectivity index (χ3v) is 4.07. The molecule has 132 valence electrons. The Morgan fingerprint density at radius 1 is 1.16 bits per heavy atom. The quantitative estimate of drug-likeness (QED) is 0.654. The normalized spacial score (nSPS) is 11.1. The first-order valence-electron chi connectivity index (χ1n) is 8.18. The predicted octanol–water partition coefficient (Wildman–Crippen LogP) is 2.42. The highest BCUT2D eigenvalue weighted by molar-refractivity contribution is 6.28. The molecule has 0 aliphatic carbocycles. The van der Waals surface area contributed by atoms with Gasteiger partial charge in [0.15, 0.2) is 11.2 Å². The van der Waals surface area contributed by atoms with E-state index in [1.54, 1.807) is 0 Å². The Kier molecular flexibility index (Phi) is 5.23. The molecule has 0 unspecified atom stereocenters. The number of aryl methyl sites for hydroxylation is 1. The van der Waals surface area contributed by atoms with E-state index in [0.29, 0.717) is 17.9 Å². The van der Waals surface area contributed by atoms with E-state index in [1.807, 2.05) is 37.3 Å². The molecule has 2 heterocycles. The van der Waals surface area contributed by atoms with E-state index in [9.17, 15) is 9.59 Å². The van der Waals surface area contributed by atoms with Gasteiger partial charge in [-0.2, -0.15) is 4.98 Å². The van der Waals surface area contributed by atoms with Gasteiger partial charge in [-0.15, -0.1) is 0 Å². The Balaban J connectivity index is 1.93. The zero-order chi connectivity index (χ0) is 17.8. The van der Waals surface area contributed by atoms with Crippen molar-refractivity contribution in [3.63, 3.8) is 0 Å². The lowest BCUT2D eigenvalue weighted by atomic mass is 10.3. The smallest absolute Gasteiger partial charge is 0.332 e. The van der Waals surface area contributed by atoms with Gasteiger partial charge < -0.3 is 9.72 Å². The van der Waals surface area contributed by atoms with Crippen molar-refractivity contribution in [2.75, 3.05) is 6.61 Å². The van der Waals surface area contributed by atoms with E-state index in [0.717, 1.165) is 17.4 Å². The number of H-pyrrole nitrogens is 1. The average molecular weight is 363 g/mol. The highest BCUT2D eigenvalue weighted by Crippen LogP contribution is 2.11. The van der Waals surface area contributed by atoms with Crippen LogP contribution >= 0.6 is 11.6 Å². The number of fused-ring (bicyclic) bond motifs is 1. The largest absolute Gasteiger partial charge is 0.492 e. The monoisotopic (exact) mass is 362 g/mol. The SMILES string of the molecule is CCCCn1c(=O)n(CCOc2ccccc2)c(=O)c2[nH]c(Cl)nc21. The summed E-state index contributed by atoms with van der Waals surface area (Å²) in [5, 5.41) is 0.0926. The zero-order valence-electron chi connectivity index (χ0n) is 13.9. The van der Waals surface area contributed by atoms with Gasteiger partial charge in [0.1, 0.15) is 12.4 Å². The van der Waals surface area contributed by atoms with Gasteiger partial charge >= 0.3 is 5.69 Å². The van der Waals surface area contributed by atoms with Gasteiger partial charge in [-0.1, -0.05) is 31.5 Å². The molecule has 0 bridgehead atoms. The van der Waals surface area contributed by atoms with Crippen molar-refractivity contribution in [2.24, 2.45) is 0 Å². The van der Waals surface area contributed by atoms with Crippen molar-refractivity contribution >= 4 is 22.8 Å². The molecule has 2 aromatic heterocycles. The summed E-state index contributed by atoms with van der Waals surface area (Å²) in [6, 6.07) is 9.25. The Bertz CT molecular complexity index is 975. The first kappa shape index (κ1) is 17.3. The molecule has 0 fully saturated rings. The van der Waals surface area contributed by atoms with Crippen LogP contribution in [0.15, 0.2) is 39.9 Å². The summed E-state index contributed by atoms with van der Waals surface area (Å²) in [5.41, 5.74) is -0.302. The average Bonchev–Trinajstić information content (AvgIpc) is 3.00.